The third kappa shape index (κ3) is 4.84. The van der Waals surface area contributed by atoms with Crippen LogP contribution in [0.15, 0.2) is 42.6 Å². The summed E-state index contributed by atoms with van der Waals surface area (Å²) in [6.45, 7) is 9.43. The summed E-state index contributed by atoms with van der Waals surface area (Å²) in [5, 5.41) is 0.670. The quantitative estimate of drug-likeness (QED) is 0.703. The second-order valence-corrected chi connectivity index (χ2v) is 8.82. The van der Waals surface area contributed by atoms with E-state index in [2.05, 4.69) is 10.6 Å². The van der Waals surface area contributed by atoms with E-state index in [0.717, 1.165) is 17.8 Å². The molecular weight excluding hydrogens is 386 g/mol. The van der Waals surface area contributed by atoms with Gasteiger partial charge in [-0.25, -0.2) is 0 Å². The van der Waals surface area contributed by atoms with E-state index in [1.165, 1.54) is 0 Å². The van der Waals surface area contributed by atoms with Gasteiger partial charge in [0.1, 0.15) is 6.54 Å². The largest absolute Gasteiger partial charge is 0.348 e. The first kappa shape index (κ1) is 21.4. The van der Waals surface area contributed by atoms with Crippen molar-refractivity contribution in [2.24, 2.45) is 5.92 Å². The summed E-state index contributed by atoms with van der Waals surface area (Å²) in [6, 6.07) is 11.5. The number of amides is 2. The van der Waals surface area contributed by atoms with Crippen LogP contribution in [0.25, 0.3) is 0 Å². The molecule has 5 nitrogen and oxygen atoms in total. The van der Waals surface area contributed by atoms with E-state index < -0.39 is 0 Å². The van der Waals surface area contributed by atoms with Crippen LogP contribution in [0.5, 0.6) is 0 Å². The Kier molecular flexibility index (Phi) is 6.68. The lowest BCUT2D eigenvalue weighted by atomic mass is 9.99. The van der Waals surface area contributed by atoms with E-state index in [-0.39, 0.29) is 36.4 Å². The summed E-state index contributed by atoms with van der Waals surface area (Å²) in [6.07, 6.45) is 2.50. The van der Waals surface area contributed by atoms with Crippen molar-refractivity contribution in [3.05, 3.63) is 58.9 Å². The van der Waals surface area contributed by atoms with Crippen LogP contribution in [-0.2, 0) is 16.1 Å². The Hall–Kier alpha value is -2.27. The molecule has 0 N–H and O–H groups in total. The van der Waals surface area contributed by atoms with Crippen molar-refractivity contribution in [1.29, 1.82) is 0 Å². The average Bonchev–Trinajstić information content (AvgIpc) is 3.13. The van der Waals surface area contributed by atoms with Crippen LogP contribution in [0, 0.1) is 5.92 Å². The number of benzene rings is 1. The van der Waals surface area contributed by atoms with Gasteiger partial charge in [0.05, 0.1) is 6.04 Å². The molecule has 0 bridgehead atoms. The normalized spacial score (nSPS) is 16.2. The molecule has 6 heteroatoms. The van der Waals surface area contributed by atoms with Crippen molar-refractivity contribution in [3.8, 4) is 0 Å². The lowest BCUT2D eigenvalue weighted by Crippen LogP contribution is -2.49. The third-order valence-electron chi connectivity index (χ3n) is 5.38. The van der Waals surface area contributed by atoms with Crippen LogP contribution >= 0.6 is 11.6 Å². The van der Waals surface area contributed by atoms with E-state index in [1.54, 1.807) is 4.90 Å². The Morgan fingerprint density at radius 2 is 1.79 bits per heavy atom. The van der Waals surface area contributed by atoms with Gasteiger partial charge in [-0.3, -0.25) is 9.59 Å². The maximum absolute atomic E-state index is 13.4. The van der Waals surface area contributed by atoms with Gasteiger partial charge < -0.3 is 14.4 Å². The number of aromatic nitrogens is 1. The minimum atomic E-state index is -0.183. The number of nitrogens with zero attached hydrogens (tertiary/aromatic N) is 3. The fraction of sp³-hybridized carbons (Fsp3) is 0.478. The lowest BCUT2D eigenvalue weighted by Gasteiger charge is -2.39. The predicted octanol–water partition coefficient (Wildman–Crippen LogP) is 4.36. The van der Waals surface area contributed by atoms with Gasteiger partial charge in [-0.15, -0.1) is 0 Å². The van der Waals surface area contributed by atoms with Crippen molar-refractivity contribution in [1.82, 2.24) is 14.4 Å². The monoisotopic (exact) mass is 415 g/mol. The minimum Gasteiger partial charge on any atom is -0.348 e. The molecule has 1 unspecified atom stereocenters. The molecule has 0 radical (unpaired) electrons. The Morgan fingerprint density at radius 3 is 2.41 bits per heavy atom. The molecule has 1 atom stereocenters. The van der Waals surface area contributed by atoms with Crippen molar-refractivity contribution in [2.45, 2.75) is 52.7 Å². The molecule has 0 saturated carbocycles. The number of rotatable bonds is 6. The van der Waals surface area contributed by atoms with E-state index >= 15 is 0 Å². The molecule has 2 aromatic rings. The highest BCUT2D eigenvalue weighted by Crippen LogP contribution is 2.33. The van der Waals surface area contributed by atoms with Crippen molar-refractivity contribution in [2.75, 3.05) is 13.1 Å². The van der Waals surface area contributed by atoms with Gasteiger partial charge in [0, 0.05) is 42.5 Å². The summed E-state index contributed by atoms with van der Waals surface area (Å²) < 4.78 is 2.19. The molecule has 0 saturated heterocycles. The van der Waals surface area contributed by atoms with Gasteiger partial charge in [0.2, 0.25) is 11.8 Å². The highest BCUT2D eigenvalue weighted by molar-refractivity contribution is 6.30. The zero-order chi connectivity index (χ0) is 21.1. The molecule has 0 spiro atoms. The van der Waals surface area contributed by atoms with Crippen LogP contribution in [-0.4, -0.2) is 45.3 Å². The molecule has 2 amide bonds. The standard InChI is InChI=1S/C23H30ClN3O2/c1-16(2)14-21(28)27(17(3)4)15-22(29)26-13-12-25-11-5-6-20(25)23(26)18-7-9-19(24)10-8-18/h5-11,16-17,23H,12-15H2,1-4H3. The van der Waals surface area contributed by atoms with Crippen molar-refractivity contribution < 1.29 is 9.59 Å². The third-order valence-corrected chi connectivity index (χ3v) is 5.63. The summed E-state index contributed by atoms with van der Waals surface area (Å²) >= 11 is 6.08. The number of halogens is 1. The Balaban J connectivity index is 1.87. The van der Waals surface area contributed by atoms with Gasteiger partial charge in [-0.05, 0) is 49.6 Å². The van der Waals surface area contributed by atoms with Gasteiger partial charge in [0.25, 0.3) is 0 Å². The van der Waals surface area contributed by atoms with Gasteiger partial charge in [-0.2, -0.15) is 0 Å². The lowest BCUT2D eigenvalue weighted by molar-refractivity contribution is -0.144. The number of hydrogen-bond donors (Lipinski definition) is 0. The summed E-state index contributed by atoms with van der Waals surface area (Å²) in [5.41, 5.74) is 2.10. The molecule has 1 aromatic heterocycles. The molecule has 1 aliphatic rings. The SMILES string of the molecule is CC(C)CC(=O)N(CC(=O)N1CCn2cccc2C1c1ccc(Cl)cc1)C(C)C. The number of carbonyl (C=O) groups is 2. The molecule has 1 aliphatic heterocycles. The first-order chi connectivity index (χ1) is 13.8. The summed E-state index contributed by atoms with van der Waals surface area (Å²) in [4.78, 5) is 29.7. The van der Waals surface area contributed by atoms with Crippen molar-refractivity contribution >= 4 is 23.4 Å². The smallest absolute Gasteiger partial charge is 0.243 e. The van der Waals surface area contributed by atoms with E-state index in [4.69, 9.17) is 11.6 Å². The Morgan fingerprint density at radius 1 is 1.10 bits per heavy atom. The van der Waals surface area contributed by atoms with Crippen LogP contribution < -0.4 is 0 Å². The minimum absolute atomic E-state index is 0.0205. The van der Waals surface area contributed by atoms with Crippen LogP contribution in [0.2, 0.25) is 5.02 Å². The summed E-state index contributed by atoms with van der Waals surface area (Å²) in [5.74, 6) is 0.272. The maximum Gasteiger partial charge on any atom is 0.243 e. The fourth-order valence-corrected chi connectivity index (χ4v) is 4.04. The number of fused-ring (bicyclic) bond motifs is 1. The zero-order valence-corrected chi connectivity index (χ0v) is 18.4. The molecule has 1 aromatic carbocycles. The molecule has 29 heavy (non-hydrogen) atoms. The highest BCUT2D eigenvalue weighted by atomic mass is 35.5. The van der Waals surface area contributed by atoms with Gasteiger partial charge in [0.15, 0.2) is 0 Å². The fourth-order valence-electron chi connectivity index (χ4n) is 3.91. The molecule has 156 valence electrons. The molecule has 0 fully saturated rings. The number of hydrogen-bond acceptors (Lipinski definition) is 2. The second kappa shape index (κ2) is 9.04. The Labute approximate surface area is 178 Å². The first-order valence-electron chi connectivity index (χ1n) is 10.3. The van der Waals surface area contributed by atoms with E-state index in [9.17, 15) is 9.59 Å². The first-order valence-corrected chi connectivity index (χ1v) is 10.6. The van der Waals surface area contributed by atoms with Crippen LogP contribution in [0.4, 0.5) is 0 Å². The molecule has 0 aliphatic carbocycles. The average molecular weight is 416 g/mol. The summed E-state index contributed by atoms with van der Waals surface area (Å²) in [7, 11) is 0. The maximum atomic E-state index is 13.4. The van der Waals surface area contributed by atoms with Crippen LogP contribution in [0.1, 0.15) is 51.4 Å². The van der Waals surface area contributed by atoms with Crippen LogP contribution in [0.3, 0.4) is 0 Å². The van der Waals surface area contributed by atoms with E-state index in [1.807, 2.05) is 69.1 Å². The number of carbonyl (C=O) groups excluding carboxylic acids is 2. The second-order valence-electron chi connectivity index (χ2n) is 8.38. The molecule has 3 rings (SSSR count). The van der Waals surface area contributed by atoms with Gasteiger partial charge >= 0.3 is 0 Å². The van der Waals surface area contributed by atoms with E-state index in [0.29, 0.717) is 18.0 Å². The van der Waals surface area contributed by atoms with Crippen molar-refractivity contribution in [3.63, 3.8) is 0 Å². The zero-order valence-electron chi connectivity index (χ0n) is 17.6. The topological polar surface area (TPSA) is 45.6 Å². The predicted molar refractivity (Wildman–Crippen MR) is 116 cm³/mol. The molecule has 2 heterocycles. The van der Waals surface area contributed by atoms with Gasteiger partial charge in [-0.1, -0.05) is 37.6 Å². The Bertz CT molecular complexity index is 857. The molecular formula is C23H30ClN3O2. The highest BCUT2D eigenvalue weighted by Gasteiger charge is 2.33.